The van der Waals surface area contributed by atoms with E-state index in [-0.39, 0.29) is 10.9 Å². The Balaban J connectivity index is 1.48. The Morgan fingerprint density at radius 3 is 2.23 bits per heavy atom. The number of hydrogen-bond acceptors (Lipinski definition) is 5. The van der Waals surface area contributed by atoms with Crippen molar-refractivity contribution in [2.75, 3.05) is 11.1 Å². The van der Waals surface area contributed by atoms with E-state index >= 15 is 0 Å². The van der Waals surface area contributed by atoms with Gasteiger partial charge in [-0.05, 0) is 19.4 Å². The van der Waals surface area contributed by atoms with Gasteiger partial charge in [0.05, 0.1) is 4.90 Å². The highest BCUT2D eigenvalue weighted by Gasteiger charge is 2.25. The smallest absolute Gasteiger partial charge is 0.301 e. The first-order chi connectivity index (χ1) is 14.8. The molecule has 0 radical (unpaired) electrons. The molecule has 0 saturated heterocycles. The second kappa shape index (κ2) is 8.23. The number of oxazole rings is 1. The Morgan fingerprint density at radius 1 is 0.968 bits per heavy atom. The van der Waals surface area contributed by atoms with Gasteiger partial charge in [0.2, 0.25) is 5.91 Å². The first-order valence-corrected chi connectivity index (χ1v) is 11.3. The van der Waals surface area contributed by atoms with Crippen LogP contribution < -0.4 is 5.32 Å². The number of aromatic amines is 1. The molecular formula is C23H21N3O4S. The summed E-state index contributed by atoms with van der Waals surface area (Å²) in [6.45, 7) is 3.93. The summed E-state index contributed by atoms with van der Waals surface area (Å²) in [6.07, 6.45) is 4.41. The predicted octanol–water partition coefficient (Wildman–Crippen LogP) is 4.37. The van der Waals surface area contributed by atoms with Crippen molar-refractivity contribution in [2.45, 2.75) is 18.7 Å². The van der Waals surface area contributed by atoms with E-state index in [2.05, 4.69) is 15.3 Å². The van der Waals surface area contributed by atoms with Gasteiger partial charge < -0.3 is 9.40 Å². The summed E-state index contributed by atoms with van der Waals surface area (Å²) in [5.41, 5.74) is 4.83. The van der Waals surface area contributed by atoms with E-state index in [1.54, 1.807) is 6.20 Å². The molecule has 158 valence electrons. The van der Waals surface area contributed by atoms with Crippen LogP contribution in [0.5, 0.6) is 0 Å². The maximum atomic E-state index is 12.9. The number of anilines is 1. The van der Waals surface area contributed by atoms with E-state index < -0.39 is 21.5 Å². The number of H-pyrrole nitrogens is 1. The average molecular weight is 436 g/mol. The average Bonchev–Trinajstić information content (AvgIpc) is 3.39. The molecule has 0 aliphatic heterocycles. The van der Waals surface area contributed by atoms with Gasteiger partial charge in [-0.1, -0.05) is 59.7 Å². The van der Waals surface area contributed by atoms with Gasteiger partial charge in [0.25, 0.3) is 0 Å². The Bertz CT molecular complexity index is 1320. The van der Waals surface area contributed by atoms with Gasteiger partial charge in [0.15, 0.2) is 9.84 Å². The number of rotatable bonds is 6. The number of aromatic nitrogens is 2. The van der Waals surface area contributed by atoms with E-state index in [0.29, 0.717) is 11.3 Å². The quantitative estimate of drug-likeness (QED) is 0.468. The summed E-state index contributed by atoms with van der Waals surface area (Å²) in [4.78, 5) is 19.5. The number of aryl methyl sites for hydroxylation is 2. The monoisotopic (exact) mass is 435 g/mol. The first-order valence-electron chi connectivity index (χ1n) is 9.61. The SMILES string of the molecule is Cc1ccc(-c2coc(NC(=O)CS(=O)(=O)c3c[nH]cc3-c3ccc(C)cc3)n2)cc1. The van der Waals surface area contributed by atoms with Crippen LogP contribution >= 0.6 is 0 Å². The minimum absolute atomic E-state index is 0.0522. The van der Waals surface area contributed by atoms with E-state index in [1.807, 2.05) is 62.4 Å². The van der Waals surface area contributed by atoms with Gasteiger partial charge in [0.1, 0.15) is 17.7 Å². The summed E-state index contributed by atoms with van der Waals surface area (Å²) >= 11 is 0. The zero-order chi connectivity index (χ0) is 22.0. The molecule has 8 heteroatoms. The number of amides is 1. The van der Waals surface area contributed by atoms with Crippen molar-refractivity contribution in [1.82, 2.24) is 9.97 Å². The van der Waals surface area contributed by atoms with Crippen LogP contribution in [-0.4, -0.2) is 30.0 Å². The molecule has 4 aromatic rings. The van der Waals surface area contributed by atoms with Crippen molar-refractivity contribution < 1.29 is 17.6 Å². The second-order valence-corrected chi connectivity index (χ2v) is 9.27. The van der Waals surface area contributed by atoms with Gasteiger partial charge >= 0.3 is 6.01 Å². The van der Waals surface area contributed by atoms with Crippen LogP contribution in [0.2, 0.25) is 0 Å². The van der Waals surface area contributed by atoms with E-state index in [4.69, 9.17) is 4.42 Å². The molecule has 0 aliphatic carbocycles. The molecule has 7 nitrogen and oxygen atoms in total. The van der Waals surface area contributed by atoms with Crippen LogP contribution in [0.3, 0.4) is 0 Å². The van der Waals surface area contributed by atoms with Crippen LogP contribution in [0.1, 0.15) is 11.1 Å². The lowest BCUT2D eigenvalue weighted by Crippen LogP contribution is -2.23. The van der Waals surface area contributed by atoms with Crippen LogP contribution in [0.4, 0.5) is 6.01 Å². The van der Waals surface area contributed by atoms with Crippen molar-refractivity contribution >= 4 is 21.8 Å². The predicted molar refractivity (Wildman–Crippen MR) is 118 cm³/mol. The third-order valence-corrected chi connectivity index (χ3v) is 6.47. The summed E-state index contributed by atoms with van der Waals surface area (Å²) in [7, 11) is -3.89. The molecule has 2 heterocycles. The van der Waals surface area contributed by atoms with Gasteiger partial charge in [-0.15, -0.1) is 0 Å². The largest absolute Gasteiger partial charge is 0.431 e. The maximum absolute atomic E-state index is 12.9. The molecule has 0 saturated carbocycles. The molecule has 31 heavy (non-hydrogen) atoms. The molecule has 1 amide bonds. The number of carbonyl (C=O) groups is 1. The van der Waals surface area contributed by atoms with Crippen molar-refractivity contribution in [1.29, 1.82) is 0 Å². The van der Waals surface area contributed by atoms with Crippen LogP contribution in [-0.2, 0) is 14.6 Å². The normalized spacial score (nSPS) is 11.4. The highest BCUT2D eigenvalue weighted by Crippen LogP contribution is 2.28. The Kier molecular flexibility index (Phi) is 5.48. The molecule has 0 bridgehead atoms. The molecule has 4 rings (SSSR count). The summed E-state index contributed by atoms with van der Waals surface area (Å²) in [5.74, 6) is -1.46. The zero-order valence-corrected chi connectivity index (χ0v) is 17.9. The molecule has 0 unspecified atom stereocenters. The molecule has 0 aliphatic rings. The Hall–Kier alpha value is -3.65. The number of sulfone groups is 1. The van der Waals surface area contributed by atoms with E-state index in [0.717, 1.165) is 22.3 Å². The fraction of sp³-hybridized carbons (Fsp3) is 0.130. The lowest BCUT2D eigenvalue weighted by Gasteiger charge is -2.06. The number of hydrogen-bond donors (Lipinski definition) is 2. The van der Waals surface area contributed by atoms with Crippen molar-refractivity contribution in [3.8, 4) is 22.4 Å². The topological polar surface area (TPSA) is 105 Å². The van der Waals surface area contributed by atoms with Gasteiger partial charge in [-0.2, -0.15) is 4.98 Å². The molecule has 2 N–H and O–H groups in total. The Morgan fingerprint density at radius 2 is 1.58 bits per heavy atom. The third-order valence-electron chi connectivity index (χ3n) is 4.82. The molecule has 0 atom stereocenters. The maximum Gasteiger partial charge on any atom is 0.301 e. The number of nitrogens with zero attached hydrogens (tertiary/aromatic N) is 1. The van der Waals surface area contributed by atoms with Gasteiger partial charge in [-0.25, -0.2) is 8.42 Å². The number of benzene rings is 2. The van der Waals surface area contributed by atoms with E-state index in [9.17, 15) is 13.2 Å². The highest BCUT2D eigenvalue weighted by molar-refractivity contribution is 7.92. The van der Waals surface area contributed by atoms with Crippen LogP contribution in [0, 0.1) is 13.8 Å². The molecule has 2 aromatic carbocycles. The minimum Gasteiger partial charge on any atom is -0.431 e. The summed E-state index contributed by atoms with van der Waals surface area (Å²) in [6, 6.07) is 15.1. The van der Waals surface area contributed by atoms with Gasteiger partial charge in [0, 0.05) is 23.5 Å². The number of carbonyl (C=O) groups excluding carboxylic acids is 1. The zero-order valence-electron chi connectivity index (χ0n) is 17.0. The van der Waals surface area contributed by atoms with Gasteiger partial charge in [-0.3, -0.25) is 10.1 Å². The standard InChI is InChI=1S/C23H21N3O4S/c1-15-3-7-17(8-4-15)19-11-24-12-21(19)31(28,29)14-22(27)26-23-25-20(13-30-23)18-9-5-16(2)6-10-18/h3-13,24H,14H2,1-2H3,(H,25,26,27). The third kappa shape index (κ3) is 4.59. The first kappa shape index (κ1) is 20.6. The van der Waals surface area contributed by atoms with E-state index in [1.165, 1.54) is 12.5 Å². The molecule has 0 fully saturated rings. The summed E-state index contributed by atoms with van der Waals surface area (Å²) < 4.78 is 31.0. The molecular weight excluding hydrogens is 414 g/mol. The minimum atomic E-state index is -3.89. The lowest BCUT2D eigenvalue weighted by molar-refractivity contribution is -0.114. The molecule has 2 aromatic heterocycles. The second-order valence-electron chi connectivity index (χ2n) is 7.31. The van der Waals surface area contributed by atoms with Crippen molar-refractivity contribution in [3.05, 3.63) is 78.3 Å². The molecule has 0 spiro atoms. The van der Waals surface area contributed by atoms with Crippen molar-refractivity contribution in [2.24, 2.45) is 0 Å². The number of nitrogens with one attached hydrogen (secondary N) is 2. The van der Waals surface area contributed by atoms with Crippen molar-refractivity contribution in [3.63, 3.8) is 0 Å². The Labute approximate surface area is 180 Å². The fourth-order valence-electron chi connectivity index (χ4n) is 3.16. The summed E-state index contributed by atoms with van der Waals surface area (Å²) in [5, 5.41) is 2.42. The van der Waals surface area contributed by atoms with Crippen LogP contribution in [0.25, 0.3) is 22.4 Å². The fourth-order valence-corrected chi connectivity index (χ4v) is 4.49. The lowest BCUT2D eigenvalue weighted by atomic mass is 10.1. The highest BCUT2D eigenvalue weighted by atomic mass is 32.2. The van der Waals surface area contributed by atoms with Crippen LogP contribution in [0.15, 0.2) is 76.5 Å².